The molecule has 0 atom stereocenters. The molecule has 0 fully saturated rings. The average Bonchev–Trinajstić information content (AvgIpc) is 2.72. The van der Waals surface area contributed by atoms with Crippen molar-refractivity contribution in [1.82, 2.24) is 30.8 Å². The quantitative estimate of drug-likeness (QED) is 0.586. The van der Waals surface area contributed by atoms with Crippen molar-refractivity contribution >= 4 is 5.96 Å². The zero-order chi connectivity index (χ0) is 9.10. The number of aromatic nitrogens is 4. The number of hydrogen-bond acceptors (Lipinski definition) is 6. The molecule has 1 aromatic heterocycles. The number of rotatable bonds is 2. The van der Waals surface area contributed by atoms with Crippen molar-refractivity contribution in [3.63, 3.8) is 0 Å². The van der Waals surface area contributed by atoms with Gasteiger partial charge in [0, 0.05) is 13.6 Å². The number of aliphatic imine (C=N–C) groups is 1. The highest BCUT2D eigenvalue weighted by Crippen LogP contribution is 1.95. The lowest BCUT2D eigenvalue weighted by atomic mass is 10.6. The van der Waals surface area contributed by atoms with Gasteiger partial charge >= 0.3 is 0 Å². The van der Waals surface area contributed by atoms with Crippen LogP contribution >= 0.6 is 0 Å². The fraction of sp³-hybridized carbons (Fsp3) is 0.667. The van der Waals surface area contributed by atoms with Crippen molar-refractivity contribution in [2.45, 2.75) is 6.54 Å². The number of tetrazole rings is 1. The van der Waals surface area contributed by atoms with Crippen LogP contribution in [0.25, 0.3) is 0 Å². The first-order chi connectivity index (χ1) is 6.36. The van der Waals surface area contributed by atoms with Gasteiger partial charge in [-0.3, -0.25) is 4.99 Å². The second-order valence-corrected chi connectivity index (χ2v) is 2.81. The SMILES string of the molecule is CN1CCN=C1NCc1nn[nH]n1. The van der Waals surface area contributed by atoms with Gasteiger partial charge in [0.15, 0.2) is 11.8 Å². The summed E-state index contributed by atoms with van der Waals surface area (Å²) in [5.41, 5.74) is 0. The Morgan fingerprint density at radius 2 is 2.54 bits per heavy atom. The molecule has 0 aliphatic carbocycles. The van der Waals surface area contributed by atoms with E-state index in [1.165, 1.54) is 0 Å². The summed E-state index contributed by atoms with van der Waals surface area (Å²) < 4.78 is 0. The molecule has 0 aromatic carbocycles. The minimum absolute atomic E-state index is 0.555. The molecular formula is C6H11N7. The second kappa shape index (κ2) is 3.38. The highest BCUT2D eigenvalue weighted by atomic mass is 15.5. The maximum atomic E-state index is 4.26. The van der Waals surface area contributed by atoms with Crippen LogP contribution in [0.5, 0.6) is 0 Å². The number of aromatic amines is 1. The summed E-state index contributed by atoms with van der Waals surface area (Å²) in [5, 5.41) is 16.6. The van der Waals surface area contributed by atoms with E-state index in [-0.39, 0.29) is 0 Å². The standard InChI is InChI=1S/C6H11N7/c1-13-3-2-7-6(13)8-4-5-9-11-12-10-5/h2-4H2,1H3,(H,7,8)(H,9,10,11,12). The number of H-pyrrole nitrogens is 1. The third-order valence-corrected chi connectivity index (χ3v) is 1.85. The van der Waals surface area contributed by atoms with Crippen molar-refractivity contribution in [1.29, 1.82) is 0 Å². The molecule has 0 amide bonds. The van der Waals surface area contributed by atoms with Crippen LogP contribution in [-0.4, -0.2) is 51.6 Å². The van der Waals surface area contributed by atoms with Gasteiger partial charge in [-0.05, 0) is 0 Å². The fourth-order valence-electron chi connectivity index (χ4n) is 1.14. The van der Waals surface area contributed by atoms with Gasteiger partial charge in [0.05, 0.1) is 13.1 Å². The van der Waals surface area contributed by atoms with Gasteiger partial charge in [0.25, 0.3) is 0 Å². The third kappa shape index (κ3) is 1.74. The Bertz CT molecular complexity index is 290. The van der Waals surface area contributed by atoms with E-state index in [2.05, 4.69) is 35.8 Å². The lowest BCUT2D eigenvalue weighted by molar-refractivity contribution is 0.532. The normalized spacial score (nSPS) is 16.1. The molecule has 7 heteroatoms. The maximum Gasteiger partial charge on any atom is 0.194 e. The predicted octanol–water partition coefficient (Wildman–Crippen LogP) is -1.41. The number of likely N-dealkylation sites (N-methyl/N-ethyl adjacent to an activating group) is 1. The topological polar surface area (TPSA) is 82.1 Å². The Kier molecular flexibility index (Phi) is 2.07. The van der Waals surface area contributed by atoms with E-state index >= 15 is 0 Å². The van der Waals surface area contributed by atoms with E-state index in [0.29, 0.717) is 12.4 Å². The van der Waals surface area contributed by atoms with Crippen LogP contribution in [0.1, 0.15) is 5.82 Å². The van der Waals surface area contributed by atoms with Crippen molar-refractivity contribution in [2.75, 3.05) is 20.1 Å². The number of guanidine groups is 1. The van der Waals surface area contributed by atoms with E-state index < -0.39 is 0 Å². The first-order valence-corrected chi connectivity index (χ1v) is 4.08. The van der Waals surface area contributed by atoms with Gasteiger partial charge in [0.1, 0.15) is 0 Å². The predicted molar refractivity (Wildman–Crippen MR) is 45.9 cm³/mol. The van der Waals surface area contributed by atoms with Crippen molar-refractivity contribution < 1.29 is 0 Å². The molecule has 70 valence electrons. The molecule has 1 aliphatic rings. The first-order valence-electron chi connectivity index (χ1n) is 4.08. The summed E-state index contributed by atoms with van der Waals surface area (Å²) in [5.74, 6) is 1.54. The summed E-state index contributed by atoms with van der Waals surface area (Å²) in [6.45, 7) is 2.37. The Hall–Kier alpha value is -1.66. The van der Waals surface area contributed by atoms with Crippen LogP contribution in [0, 0.1) is 0 Å². The van der Waals surface area contributed by atoms with Gasteiger partial charge in [0.2, 0.25) is 0 Å². The molecule has 1 aliphatic heterocycles. The van der Waals surface area contributed by atoms with Crippen LogP contribution < -0.4 is 5.32 Å². The highest BCUT2D eigenvalue weighted by Gasteiger charge is 2.11. The molecule has 2 heterocycles. The van der Waals surface area contributed by atoms with E-state index in [1.807, 2.05) is 7.05 Å². The molecule has 0 saturated carbocycles. The molecule has 1 aromatic rings. The molecule has 0 saturated heterocycles. The minimum atomic E-state index is 0.555. The van der Waals surface area contributed by atoms with Gasteiger partial charge in [-0.1, -0.05) is 5.21 Å². The van der Waals surface area contributed by atoms with Crippen LogP contribution in [0.4, 0.5) is 0 Å². The molecular weight excluding hydrogens is 170 g/mol. The molecule has 7 nitrogen and oxygen atoms in total. The lowest BCUT2D eigenvalue weighted by Crippen LogP contribution is -2.35. The van der Waals surface area contributed by atoms with Gasteiger partial charge in [-0.2, -0.15) is 5.21 Å². The number of nitrogens with zero attached hydrogens (tertiary/aromatic N) is 5. The molecule has 0 spiro atoms. The molecule has 13 heavy (non-hydrogen) atoms. The fourth-order valence-corrected chi connectivity index (χ4v) is 1.14. The molecule has 0 bridgehead atoms. The summed E-state index contributed by atoms with van der Waals surface area (Å²) in [6, 6.07) is 0. The minimum Gasteiger partial charge on any atom is -0.349 e. The zero-order valence-corrected chi connectivity index (χ0v) is 7.36. The molecule has 0 unspecified atom stereocenters. The van der Waals surface area contributed by atoms with Crippen LogP contribution in [-0.2, 0) is 6.54 Å². The van der Waals surface area contributed by atoms with Gasteiger partial charge < -0.3 is 10.2 Å². The number of hydrogen-bond donors (Lipinski definition) is 2. The van der Waals surface area contributed by atoms with E-state index in [1.54, 1.807) is 0 Å². The van der Waals surface area contributed by atoms with Gasteiger partial charge in [-0.25, -0.2) is 0 Å². The van der Waals surface area contributed by atoms with E-state index in [9.17, 15) is 0 Å². The Morgan fingerprint density at radius 1 is 1.62 bits per heavy atom. The second-order valence-electron chi connectivity index (χ2n) is 2.81. The summed E-state index contributed by atoms with van der Waals surface area (Å²) >= 11 is 0. The molecule has 2 rings (SSSR count). The zero-order valence-electron chi connectivity index (χ0n) is 7.36. The Balaban J connectivity index is 1.86. The summed E-state index contributed by atoms with van der Waals surface area (Å²) in [6.07, 6.45) is 0. The van der Waals surface area contributed by atoms with Gasteiger partial charge in [-0.15, -0.1) is 10.2 Å². The third-order valence-electron chi connectivity index (χ3n) is 1.85. The van der Waals surface area contributed by atoms with Crippen molar-refractivity contribution in [2.24, 2.45) is 4.99 Å². The van der Waals surface area contributed by atoms with E-state index in [4.69, 9.17) is 0 Å². The lowest BCUT2D eigenvalue weighted by Gasteiger charge is -2.13. The Labute approximate surface area is 75.2 Å². The summed E-state index contributed by atoms with van der Waals surface area (Å²) in [7, 11) is 2.00. The molecule has 0 radical (unpaired) electrons. The van der Waals surface area contributed by atoms with Crippen LogP contribution in [0.3, 0.4) is 0 Å². The monoisotopic (exact) mass is 181 g/mol. The number of nitrogens with one attached hydrogen (secondary N) is 2. The molecule has 2 N–H and O–H groups in total. The maximum absolute atomic E-state index is 4.26. The summed E-state index contributed by atoms with van der Waals surface area (Å²) in [4.78, 5) is 6.32. The van der Waals surface area contributed by atoms with Crippen molar-refractivity contribution in [3.05, 3.63) is 5.82 Å². The van der Waals surface area contributed by atoms with Crippen LogP contribution in [0.2, 0.25) is 0 Å². The smallest absolute Gasteiger partial charge is 0.194 e. The average molecular weight is 181 g/mol. The largest absolute Gasteiger partial charge is 0.349 e. The van der Waals surface area contributed by atoms with E-state index in [0.717, 1.165) is 19.0 Å². The Morgan fingerprint density at radius 3 is 3.15 bits per heavy atom. The highest BCUT2D eigenvalue weighted by molar-refractivity contribution is 5.80. The van der Waals surface area contributed by atoms with Crippen molar-refractivity contribution in [3.8, 4) is 0 Å². The van der Waals surface area contributed by atoms with Crippen LogP contribution in [0.15, 0.2) is 4.99 Å². The first kappa shape index (κ1) is 7.96.